The summed E-state index contributed by atoms with van der Waals surface area (Å²) in [7, 11) is 0. The topological polar surface area (TPSA) is 47.6 Å². The Morgan fingerprint density at radius 1 is 1.00 bits per heavy atom. The van der Waals surface area contributed by atoms with Gasteiger partial charge in [-0.2, -0.15) is 0 Å². The number of carbonyl (C=O) groups excluding carboxylic acids is 1. The van der Waals surface area contributed by atoms with Crippen LogP contribution in [0.4, 0.5) is 0 Å². The van der Waals surface area contributed by atoms with Crippen molar-refractivity contribution < 1.29 is 14.3 Å². The number of halogens is 1. The number of rotatable bonds is 10. The van der Waals surface area contributed by atoms with Crippen LogP contribution in [-0.2, 0) is 29.2 Å². The maximum Gasteiger partial charge on any atom is 0.251 e. The molecule has 2 aromatic carbocycles. The van der Waals surface area contributed by atoms with Gasteiger partial charge in [0.15, 0.2) is 0 Å². The van der Waals surface area contributed by atoms with Crippen LogP contribution in [0.1, 0.15) is 27.0 Å². The van der Waals surface area contributed by atoms with Gasteiger partial charge in [0.2, 0.25) is 0 Å². The fraction of sp³-hybridized carbons (Fsp3) is 0.350. The molecule has 1 N–H and O–H groups in total. The van der Waals surface area contributed by atoms with Gasteiger partial charge < -0.3 is 14.8 Å². The molecule has 4 nitrogen and oxygen atoms in total. The SMILES string of the molecule is O=C1NCc2c(SCCOCc3ccc(COCCBr)cc3)cccc21. The van der Waals surface area contributed by atoms with Gasteiger partial charge in [-0.3, -0.25) is 4.79 Å². The van der Waals surface area contributed by atoms with Crippen LogP contribution in [0.2, 0.25) is 0 Å². The molecular formula is C20H22BrNO3S. The molecule has 0 aliphatic carbocycles. The Balaban J connectivity index is 1.38. The van der Waals surface area contributed by atoms with E-state index >= 15 is 0 Å². The van der Waals surface area contributed by atoms with E-state index in [1.54, 1.807) is 11.8 Å². The van der Waals surface area contributed by atoms with Crippen LogP contribution in [0.3, 0.4) is 0 Å². The number of carbonyl (C=O) groups is 1. The highest BCUT2D eigenvalue weighted by atomic mass is 79.9. The van der Waals surface area contributed by atoms with E-state index in [9.17, 15) is 4.79 Å². The zero-order chi connectivity index (χ0) is 18.2. The molecule has 0 spiro atoms. The molecule has 1 aliphatic rings. The first-order chi connectivity index (χ1) is 12.8. The van der Waals surface area contributed by atoms with Crippen LogP contribution in [0.5, 0.6) is 0 Å². The van der Waals surface area contributed by atoms with Crippen LogP contribution in [-0.4, -0.2) is 30.2 Å². The minimum absolute atomic E-state index is 0.0275. The first-order valence-electron chi connectivity index (χ1n) is 8.60. The zero-order valence-electron chi connectivity index (χ0n) is 14.5. The van der Waals surface area contributed by atoms with Gasteiger partial charge >= 0.3 is 0 Å². The van der Waals surface area contributed by atoms with E-state index in [1.165, 1.54) is 5.56 Å². The summed E-state index contributed by atoms with van der Waals surface area (Å²) in [6, 6.07) is 14.2. The van der Waals surface area contributed by atoms with E-state index in [0.717, 1.165) is 39.3 Å². The molecule has 0 radical (unpaired) electrons. The van der Waals surface area contributed by atoms with Crippen LogP contribution in [0, 0.1) is 0 Å². The largest absolute Gasteiger partial charge is 0.376 e. The maximum absolute atomic E-state index is 11.7. The molecule has 2 aromatic rings. The summed E-state index contributed by atoms with van der Waals surface area (Å²) in [5, 5.41) is 3.73. The Morgan fingerprint density at radius 2 is 1.69 bits per heavy atom. The normalized spacial score (nSPS) is 12.9. The van der Waals surface area contributed by atoms with Crippen molar-refractivity contribution >= 4 is 33.6 Å². The molecule has 0 bridgehead atoms. The summed E-state index contributed by atoms with van der Waals surface area (Å²) >= 11 is 5.09. The van der Waals surface area contributed by atoms with Crippen LogP contribution in [0.25, 0.3) is 0 Å². The minimum atomic E-state index is 0.0275. The van der Waals surface area contributed by atoms with Crippen molar-refractivity contribution in [2.75, 3.05) is 24.3 Å². The first kappa shape index (κ1) is 19.4. The molecule has 0 aromatic heterocycles. The summed E-state index contributed by atoms with van der Waals surface area (Å²) in [4.78, 5) is 12.9. The molecule has 3 rings (SSSR count). The van der Waals surface area contributed by atoms with Crippen molar-refractivity contribution in [3.63, 3.8) is 0 Å². The van der Waals surface area contributed by atoms with Crippen LogP contribution >= 0.6 is 27.7 Å². The molecular weight excluding hydrogens is 414 g/mol. The van der Waals surface area contributed by atoms with Gasteiger partial charge in [-0.15, -0.1) is 11.8 Å². The standard InChI is InChI=1S/C20H22BrNO3S/c21-8-9-24-13-15-4-6-16(7-5-15)14-25-10-11-26-19-3-1-2-17-18(19)12-22-20(17)23/h1-7H,8-14H2,(H,22,23). The number of thioether (sulfide) groups is 1. The number of ether oxygens (including phenoxy) is 2. The number of fused-ring (bicyclic) bond motifs is 1. The Morgan fingerprint density at radius 3 is 2.38 bits per heavy atom. The Hall–Kier alpha value is -1.34. The Labute approximate surface area is 166 Å². The number of benzene rings is 2. The smallest absolute Gasteiger partial charge is 0.251 e. The molecule has 0 saturated heterocycles. The first-order valence-corrected chi connectivity index (χ1v) is 10.7. The molecule has 1 amide bonds. The lowest BCUT2D eigenvalue weighted by Crippen LogP contribution is -2.12. The summed E-state index contributed by atoms with van der Waals surface area (Å²) < 4.78 is 11.3. The molecule has 1 aliphatic heterocycles. The third kappa shape index (κ3) is 5.33. The monoisotopic (exact) mass is 435 g/mol. The highest BCUT2D eigenvalue weighted by Crippen LogP contribution is 2.28. The Kier molecular flexibility index (Phi) is 7.55. The predicted molar refractivity (Wildman–Crippen MR) is 108 cm³/mol. The third-order valence-electron chi connectivity index (χ3n) is 4.07. The molecule has 0 atom stereocenters. The van der Waals surface area contributed by atoms with Crippen molar-refractivity contribution in [1.82, 2.24) is 5.32 Å². The molecule has 6 heteroatoms. The van der Waals surface area contributed by atoms with Crippen molar-refractivity contribution in [1.29, 1.82) is 0 Å². The summed E-state index contributed by atoms with van der Waals surface area (Å²) in [5.74, 6) is 0.892. The summed E-state index contributed by atoms with van der Waals surface area (Å²) in [5.41, 5.74) is 4.25. The fourth-order valence-corrected chi connectivity index (χ4v) is 3.92. The lowest BCUT2D eigenvalue weighted by molar-refractivity contribution is 0.0965. The molecule has 0 unspecified atom stereocenters. The molecule has 138 valence electrons. The van der Waals surface area contributed by atoms with Crippen molar-refractivity contribution in [3.8, 4) is 0 Å². The average molecular weight is 436 g/mol. The number of nitrogens with one attached hydrogen (secondary N) is 1. The number of alkyl halides is 1. The Bertz CT molecular complexity index is 736. The van der Waals surface area contributed by atoms with Crippen molar-refractivity contribution in [3.05, 3.63) is 64.7 Å². The van der Waals surface area contributed by atoms with Gasteiger partial charge in [0.25, 0.3) is 5.91 Å². The van der Waals surface area contributed by atoms with E-state index in [0.29, 0.717) is 26.4 Å². The highest BCUT2D eigenvalue weighted by molar-refractivity contribution is 9.09. The van der Waals surface area contributed by atoms with Crippen LogP contribution in [0.15, 0.2) is 47.4 Å². The van der Waals surface area contributed by atoms with Crippen LogP contribution < -0.4 is 5.32 Å². The molecule has 0 fully saturated rings. The summed E-state index contributed by atoms with van der Waals surface area (Å²) in [6.07, 6.45) is 0. The van der Waals surface area contributed by atoms with Gasteiger partial charge in [0.1, 0.15) is 0 Å². The average Bonchev–Trinajstić information content (AvgIpc) is 3.05. The predicted octanol–water partition coefficient (Wildman–Crippen LogP) is 4.15. The van der Waals surface area contributed by atoms with Gasteiger partial charge in [0, 0.05) is 28.1 Å². The fourth-order valence-electron chi connectivity index (χ4n) is 2.74. The van der Waals surface area contributed by atoms with E-state index < -0.39 is 0 Å². The molecule has 26 heavy (non-hydrogen) atoms. The molecule has 1 heterocycles. The number of amides is 1. The van der Waals surface area contributed by atoms with Gasteiger partial charge in [0.05, 0.1) is 26.4 Å². The maximum atomic E-state index is 11.7. The lowest BCUT2D eigenvalue weighted by Gasteiger charge is -2.08. The minimum Gasteiger partial charge on any atom is -0.376 e. The van der Waals surface area contributed by atoms with Crippen molar-refractivity contribution in [2.45, 2.75) is 24.7 Å². The van der Waals surface area contributed by atoms with Gasteiger partial charge in [-0.05, 0) is 28.8 Å². The van der Waals surface area contributed by atoms with Gasteiger partial charge in [-0.25, -0.2) is 0 Å². The van der Waals surface area contributed by atoms with E-state index in [4.69, 9.17) is 9.47 Å². The quantitative estimate of drug-likeness (QED) is 0.345. The zero-order valence-corrected chi connectivity index (χ0v) is 16.9. The summed E-state index contributed by atoms with van der Waals surface area (Å²) in [6.45, 7) is 3.27. The second kappa shape index (κ2) is 10.1. The second-order valence-corrected chi connectivity index (χ2v) is 7.85. The lowest BCUT2D eigenvalue weighted by atomic mass is 10.1. The third-order valence-corrected chi connectivity index (χ3v) is 5.46. The van der Waals surface area contributed by atoms with E-state index in [1.807, 2.05) is 12.1 Å². The second-order valence-electron chi connectivity index (χ2n) is 5.92. The molecule has 0 saturated carbocycles. The van der Waals surface area contributed by atoms with E-state index in [-0.39, 0.29) is 5.91 Å². The number of hydrogen-bond donors (Lipinski definition) is 1. The number of hydrogen-bond acceptors (Lipinski definition) is 4. The van der Waals surface area contributed by atoms with Crippen molar-refractivity contribution in [2.24, 2.45) is 0 Å². The highest BCUT2D eigenvalue weighted by Gasteiger charge is 2.20. The van der Waals surface area contributed by atoms with Gasteiger partial charge in [-0.1, -0.05) is 46.3 Å². The van der Waals surface area contributed by atoms with E-state index in [2.05, 4.69) is 51.6 Å².